The van der Waals surface area contributed by atoms with Crippen molar-refractivity contribution in [3.63, 3.8) is 0 Å². The predicted octanol–water partition coefficient (Wildman–Crippen LogP) is 4.81. The number of aryl methyl sites for hydroxylation is 2. The van der Waals surface area contributed by atoms with Crippen LogP contribution < -0.4 is 5.32 Å². The Labute approximate surface area is 184 Å². The zero-order valence-corrected chi connectivity index (χ0v) is 17.8. The van der Waals surface area contributed by atoms with E-state index < -0.39 is 0 Å². The molecule has 5 rings (SSSR count). The van der Waals surface area contributed by atoms with Gasteiger partial charge in [0.1, 0.15) is 0 Å². The Morgan fingerprint density at radius 1 is 1.03 bits per heavy atom. The monoisotopic (exact) mass is 430 g/mol. The molecule has 0 aliphatic heterocycles. The number of nitrogens with one attached hydrogen (secondary N) is 1. The van der Waals surface area contributed by atoms with E-state index in [1.54, 1.807) is 6.26 Å². The van der Waals surface area contributed by atoms with Gasteiger partial charge in [-0.25, -0.2) is 0 Å². The van der Waals surface area contributed by atoms with Crippen molar-refractivity contribution in [1.82, 2.24) is 14.8 Å². The first-order valence-corrected chi connectivity index (χ1v) is 11.3. The van der Waals surface area contributed by atoms with Gasteiger partial charge in [-0.3, -0.25) is 9.36 Å². The number of rotatable bonds is 7. The number of hydrogen-bond donors (Lipinski definition) is 1. The van der Waals surface area contributed by atoms with Crippen LogP contribution in [0.5, 0.6) is 0 Å². The quantitative estimate of drug-likeness (QED) is 0.426. The Morgan fingerprint density at radius 2 is 1.90 bits per heavy atom. The van der Waals surface area contributed by atoms with Gasteiger partial charge in [0.05, 0.1) is 18.6 Å². The molecule has 1 amide bonds. The second-order valence-electron chi connectivity index (χ2n) is 7.53. The maximum Gasteiger partial charge on any atom is 0.234 e. The fourth-order valence-corrected chi connectivity index (χ4v) is 4.61. The highest BCUT2D eigenvalue weighted by molar-refractivity contribution is 7.99. The van der Waals surface area contributed by atoms with Crippen molar-refractivity contribution in [1.29, 1.82) is 0 Å². The summed E-state index contributed by atoms with van der Waals surface area (Å²) in [5.41, 5.74) is 4.72. The van der Waals surface area contributed by atoms with E-state index in [1.165, 1.54) is 29.3 Å². The molecule has 2 heterocycles. The van der Waals surface area contributed by atoms with Crippen LogP contribution in [0.3, 0.4) is 0 Å². The van der Waals surface area contributed by atoms with Gasteiger partial charge in [0.15, 0.2) is 10.9 Å². The summed E-state index contributed by atoms with van der Waals surface area (Å²) in [6, 6.07) is 20.0. The third-order valence-electron chi connectivity index (χ3n) is 5.36. The van der Waals surface area contributed by atoms with E-state index in [2.05, 4.69) is 39.8 Å². The smallest absolute Gasteiger partial charge is 0.234 e. The SMILES string of the molecule is O=C(CSc1nnc(-c2ccco2)n1Cc1ccccc1)Nc1ccc2c(c1)CCC2. The second-order valence-corrected chi connectivity index (χ2v) is 8.47. The molecule has 0 unspecified atom stereocenters. The lowest BCUT2D eigenvalue weighted by Crippen LogP contribution is -2.15. The molecule has 156 valence electrons. The average molecular weight is 431 g/mol. The van der Waals surface area contributed by atoms with Gasteiger partial charge in [-0.2, -0.15) is 0 Å². The Morgan fingerprint density at radius 3 is 2.74 bits per heavy atom. The standard InChI is InChI=1S/C24H22N4O2S/c29-22(25-20-12-11-18-8-4-9-19(18)14-20)16-31-24-27-26-23(21-10-5-13-30-21)28(24)15-17-6-2-1-3-7-17/h1-3,5-7,10-14H,4,8-9,15-16H2,(H,25,29). The minimum absolute atomic E-state index is 0.0586. The summed E-state index contributed by atoms with van der Waals surface area (Å²) in [4.78, 5) is 12.6. The Hall–Kier alpha value is -3.32. The summed E-state index contributed by atoms with van der Waals surface area (Å²) in [5, 5.41) is 12.3. The van der Waals surface area contributed by atoms with Gasteiger partial charge in [-0.15, -0.1) is 10.2 Å². The van der Waals surface area contributed by atoms with Crippen LogP contribution in [0.2, 0.25) is 0 Å². The van der Waals surface area contributed by atoms with Crippen molar-refractivity contribution < 1.29 is 9.21 Å². The van der Waals surface area contributed by atoms with E-state index in [-0.39, 0.29) is 11.7 Å². The zero-order valence-electron chi connectivity index (χ0n) is 17.0. The molecule has 0 spiro atoms. The van der Waals surface area contributed by atoms with Gasteiger partial charge in [-0.1, -0.05) is 48.2 Å². The summed E-state index contributed by atoms with van der Waals surface area (Å²) in [6.45, 7) is 0.596. The van der Waals surface area contributed by atoms with Crippen LogP contribution in [-0.4, -0.2) is 26.4 Å². The van der Waals surface area contributed by atoms with Crippen LogP contribution in [0.4, 0.5) is 5.69 Å². The van der Waals surface area contributed by atoms with Crippen LogP contribution in [0.15, 0.2) is 76.5 Å². The Balaban J connectivity index is 1.31. The molecule has 0 fully saturated rings. The molecular weight excluding hydrogens is 408 g/mol. The number of carbonyl (C=O) groups is 1. The predicted molar refractivity (Wildman–Crippen MR) is 121 cm³/mol. The highest BCUT2D eigenvalue weighted by Gasteiger charge is 2.18. The molecule has 2 aromatic heterocycles. The maximum atomic E-state index is 12.6. The minimum Gasteiger partial charge on any atom is -0.461 e. The van der Waals surface area contributed by atoms with Crippen molar-refractivity contribution in [2.24, 2.45) is 0 Å². The Bertz CT molecular complexity index is 1190. The summed E-state index contributed by atoms with van der Waals surface area (Å²) >= 11 is 1.37. The van der Waals surface area contributed by atoms with E-state index in [4.69, 9.17) is 4.42 Å². The maximum absolute atomic E-state index is 12.6. The third kappa shape index (κ3) is 4.41. The molecule has 2 aromatic carbocycles. The first-order valence-electron chi connectivity index (χ1n) is 10.3. The first-order chi connectivity index (χ1) is 15.3. The van der Waals surface area contributed by atoms with Gasteiger partial charge in [0, 0.05) is 5.69 Å². The third-order valence-corrected chi connectivity index (χ3v) is 6.32. The molecule has 0 saturated heterocycles. The highest BCUT2D eigenvalue weighted by Crippen LogP contribution is 2.27. The molecule has 1 N–H and O–H groups in total. The molecule has 0 saturated carbocycles. The molecule has 31 heavy (non-hydrogen) atoms. The summed E-state index contributed by atoms with van der Waals surface area (Å²) in [7, 11) is 0. The van der Waals surface area contributed by atoms with Crippen molar-refractivity contribution >= 4 is 23.4 Å². The number of anilines is 1. The topological polar surface area (TPSA) is 73.0 Å². The van der Waals surface area contributed by atoms with Gasteiger partial charge in [0.25, 0.3) is 0 Å². The van der Waals surface area contributed by atoms with Gasteiger partial charge in [-0.05, 0) is 60.2 Å². The normalized spacial score (nSPS) is 12.6. The van der Waals surface area contributed by atoms with Crippen LogP contribution in [-0.2, 0) is 24.2 Å². The number of thioether (sulfide) groups is 1. The molecule has 4 aromatic rings. The molecule has 7 heteroatoms. The lowest BCUT2D eigenvalue weighted by atomic mass is 10.1. The fourth-order valence-electron chi connectivity index (χ4n) is 3.87. The Kier molecular flexibility index (Phi) is 5.58. The molecule has 1 aliphatic carbocycles. The van der Waals surface area contributed by atoms with Crippen LogP contribution in [0.25, 0.3) is 11.6 Å². The van der Waals surface area contributed by atoms with Crippen molar-refractivity contribution in [3.05, 3.63) is 83.6 Å². The largest absolute Gasteiger partial charge is 0.461 e. The molecule has 0 radical (unpaired) electrons. The van der Waals surface area contributed by atoms with E-state index in [0.717, 1.165) is 24.1 Å². The number of nitrogens with zero attached hydrogens (tertiary/aromatic N) is 3. The number of amides is 1. The van der Waals surface area contributed by atoms with Crippen LogP contribution >= 0.6 is 11.8 Å². The summed E-state index contributed by atoms with van der Waals surface area (Å²) in [6.07, 6.45) is 5.03. The van der Waals surface area contributed by atoms with Crippen molar-refractivity contribution in [2.45, 2.75) is 31.0 Å². The van der Waals surface area contributed by atoms with Gasteiger partial charge >= 0.3 is 0 Å². The number of hydrogen-bond acceptors (Lipinski definition) is 5. The molecule has 0 bridgehead atoms. The zero-order chi connectivity index (χ0) is 21.0. The van der Waals surface area contributed by atoms with Crippen LogP contribution in [0, 0.1) is 0 Å². The van der Waals surface area contributed by atoms with Crippen molar-refractivity contribution in [3.8, 4) is 11.6 Å². The number of carbonyl (C=O) groups excluding carboxylic acids is 1. The number of benzene rings is 2. The first kappa shape index (κ1) is 19.6. The number of aromatic nitrogens is 3. The van der Waals surface area contributed by atoms with Gasteiger partial charge in [0.2, 0.25) is 11.7 Å². The number of fused-ring (bicyclic) bond motifs is 1. The van der Waals surface area contributed by atoms with E-state index >= 15 is 0 Å². The van der Waals surface area contributed by atoms with Crippen LogP contribution in [0.1, 0.15) is 23.1 Å². The molecule has 6 nitrogen and oxygen atoms in total. The summed E-state index contributed by atoms with van der Waals surface area (Å²) < 4.78 is 7.53. The second kappa shape index (κ2) is 8.81. The molecule has 1 aliphatic rings. The minimum atomic E-state index is -0.0586. The van der Waals surface area contributed by atoms with E-state index in [0.29, 0.717) is 23.3 Å². The molecular formula is C24H22N4O2S. The highest BCUT2D eigenvalue weighted by atomic mass is 32.2. The number of furan rings is 1. The van der Waals surface area contributed by atoms with Gasteiger partial charge < -0.3 is 9.73 Å². The van der Waals surface area contributed by atoms with Crippen molar-refractivity contribution in [2.75, 3.05) is 11.1 Å². The van der Waals surface area contributed by atoms with E-state index in [1.807, 2.05) is 41.0 Å². The molecule has 0 atom stereocenters. The summed E-state index contributed by atoms with van der Waals surface area (Å²) in [5.74, 6) is 1.49. The fraction of sp³-hybridized carbons (Fsp3) is 0.208. The van der Waals surface area contributed by atoms with E-state index in [9.17, 15) is 4.79 Å². The lowest BCUT2D eigenvalue weighted by molar-refractivity contribution is -0.113. The average Bonchev–Trinajstić information content (AvgIpc) is 3.54. The lowest BCUT2D eigenvalue weighted by Gasteiger charge is -2.10.